The van der Waals surface area contributed by atoms with Gasteiger partial charge in [0, 0.05) is 18.0 Å². The second kappa shape index (κ2) is 6.29. The van der Waals surface area contributed by atoms with E-state index in [2.05, 4.69) is 9.88 Å². The normalized spacial score (nSPS) is 14.2. The molecule has 106 valence electrons. The number of nitrogens with zero attached hydrogens (tertiary/aromatic N) is 2. The average Bonchev–Trinajstić information content (AvgIpc) is 2.85. The van der Waals surface area contributed by atoms with Crippen molar-refractivity contribution in [2.75, 3.05) is 13.6 Å². The molecule has 0 amide bonds. The SMILES string of the molecule is Cc1ncsc1CN(C)CC(C)(C=O)c1ccccc1. The topological polar surface area (TPSA) is 33.2 Å². The molecule has 2 rings (SSSR count). The minimum Gasteiger partial charge on any atom is -0.302 e. The van der Waals surface area contributed by atoms with E-state index in [1.165, 1.54) is 4.88 Å². The summed E-state index contributed by atoms with van der Waals surface area (Å²) in [4.78, 5) is 19.3. The minimum absolute atomic E-state index is 0.478. The number of rotatable bonds is 6. The second-order valence-electron chi connectivity index (χ2n) is 5.43. The zero-order chi connectivity index (χ0) is 14.6. The van der Waals surface area contributed by atoms with E-state index in [-0.39, 0.29) is 0 Å². The molecule has 2 aromatic rings. The van der Waals surface area contributed by atoms with Crippen LogP contribution in [0.2, 0.25) is 0 Å². The highest BCUT2D eigenvalue weighted by Gasteiger charge is 2.27. The highest BCUT2D eigenvalue weighted by molar-refractivity contribution is 7.09. The number of thiazole rings is 1. The van der Waals surface area contributed by atoms with Crippen LogP contribution in [-0.4, -0.2) is 29.8 Å². The summed E-state index contributed by atoms with van der Waals surface area (Å²) in [5, 5.41) is 0. The highest BCUT2D eigenvalue weighted by atomic mass is 32.1. The first kappa shape index (κ1) is 14.9. The Kier molecular flexibility index (Phi) is 4.68. The van der Waals surface area contributed by atoms with Gasteiger partial charge in [0.1, 0.15) is 6.29 Å². The summed E-state index contributed by atoms with van der Waals surface area (Å²) < 4.78 is 0. The molecule has 0 aliphatic heterocycles. The molecule has 0 saturated heterocycles. The van der Waals surface area contributed by atoms with Crippen molar-refractivity contribution < 1.29 is 4.79 Å². The minimum atomic E-state index is -0.478. The van der Waals surface area contributed by atoms with Crippen molar-refractivity contribution >= 4 is 17.6 Å². The van der Waals surface area contributed by atoms with Crippen molar-refractivity contribution in [2.24, 2.45) is 0 Å². The molecule has 1 atom stereocenters. The van der Waals surface area contributed by atoms with Gasteiger partial charge in [0.05, 0.1) is 16.6 Å². The van der Waals surface area contributed by atoms with Gasteiger partial charge in [-0.2, -0.15) is 0 Å². The van der Waals surface area contributed by atoms with Crippen LogP contribution in [0.15, 0.2) is 35.8 Å². The van der Waals surface area contributed by atoms with Crippen LogP contribution in [-0.2, 0) is 16.8 Å². The first-order valence-corrected chi connectivity index (χ1v) is 7.52. The number of likely N-dealkylation sites (N-methyl/N-ethyl adjacent to an activating group) is 1. The third kappa shape index (κ3) is 3.32. The van der Waals surface area contributed by atoms with Crippen LogP contribution in [0, 0.1) is 6.92 Å². The summed E-state index contributed by atoms with van der Waals surface area (Å²) >= 11 is 1.67. The van der Waals surface area contributed by atoms with Gasteiger partial charge in [0.15, 0.2) is 0 Å². The Morgan fingerprint density at radius 2 is 2.05 bits per heavy atom. The molecule has 1 aromatic heterocycles. The Labute approximate surface area is 124 Å². The molecule has 0 radical (unpaired) electrons. The molecule has 0 spiro atoms. The molecule has 0 fully saturated rings. The molecule has 20 heavy (non-hydrogen) atoms. The van der Waals surface area contributed by atoms with Crippen molar-refractivity contribution in [1.29, 1.82) is 0 Å². The zero-order valence-corrected chi connectivity index (χ0v) is 13.0. The predicted octanol–water partition coefficient (Wildman–Crippen LogP) is 3.04. The summed E-state index contributed by atoms with van der Waals surface area (Å²) in [7, 11) is 2.05. The molecular weight excluding hydrogens is 268 g/mol. The van der Waals surface area contributed by atoms with Gasteiger partial charge in [-0.05, 0) is 26.5 Å². The molecular formula is C16H20N2OS. The van der Waals surface area contributed by atoms with E-state index >= 15 is 0 Å². The number of aldehydes is 1. The van der Waals surface area contributed by atoms with Crippen LogP contribution in [0.5, 0.6) is 0 Å². The molecule has 1 aromatic carbocycles. The van der Waals surface area contributed by atoms with Gasteiger partial charge in [-0.1, -0.05) is 30.3 Å². The van der Waals surface area contributed by atoms with Crippen LogP contribution in [0.1, 0.15) is 23.1 Å². The largest absolute Gasteiger partial charge is 0.302 e. The van der Waals surface area contributed by atoms with Crippen molar-refractivity contribution in [3.05, 3.63) is 52.0 Å². The van der Waals surface area contributed by atoms with E-state index in [4.69, 9.17) is 0 Å². The van der Waals surface area contributed by atoms with Gasteiger partial charge < -0.3 is 4.79 Å². The summed E-state index contributed by atoms with van der Waals surface area (Å²) in [5.74, 6) is 0. The number of carbonyl (C=O) groups is 1. The highest BCUT2D eigenvalue weighted by Crippen LogP contribution is 2.23. The number of aryl methyl sites for hydroxylation is 1. The Morgan fingerprint density at radius 3 is 2.60 bits per heavy atom. The lowest BCUT2D eigenvalue weighted by Crippen LogP contribution is -2.37. The number of aromatic nitrogens is 1. The molecule has 1 unspecified atom stereocenters. The van der Waals surface area contributed by atoms with Crippen LogP contribution in [0.4, 0.5) is 0 Å². The lowest BCUT2D eigenvalue weighted by atomic mass is 9.83. The van der Waals surface area contributed by atoms with E-state index in [9.17, 15) is 4.79 Å². The molecule has 0 aliphatic carbocycles. The van der Waals surface area contributed by atoms with E-state index in [0.717, 1.165) is 24.1 Å². The van der Waals surface area contributed by atoms with Gasteiger partial charge in [0.2, 0.25) is 0 Å². The standard InChI is InChI=1S/C16H20N2OS/c1-13-15(20-12-17-13)9-18(3)10-16(2,11-19)14-7-5-4-6-8-14/h4-8,11-12H,9-10H2,1-3H3. The Balaban J connectivity index is 2.10. The van der Waals surface area contributed by atoms with Crippen LogP contribution in [0.3, 0.4) is 0 Å². The first-order chi connectivity index (χ1) is 9.55. The van der Waals surface area contributed by atoms with Crippen molar-refractivity contribution in [1.82, 2.24) is 9.88 Å². The van der Waals surface area contributed by atoms with Crippen LogP contribution >= 0.6 is 11.3 Å². The van der Waals surface area contributed by atoms with Gasteiger partial charge in [-0.25, -0.2) is 4.98 Å². The van der Waals surface area contributed by atoms with Crippen LogP contribution in [0.25, 0.3) is 0 Å². The van der Waals surface area contributed by atoms with Crippen molar-refractivity contribution in [3.63, 3.8) is 0 Å². The molecule has 0 saturated carbocycles. The summed E-state index contributed by atoms with van der Waals surface area (Å²) in [5.41, 5.74) is 3.53. The van der Waals surface area contributed by atoms with Crippen LogP contribution < -0.4 is 0 Å². The maximum atomic E-state index is 11.6. The summed E-state index contributed by atoms with van der Waals surface area (Å²) in [6.07, 6.45) is 1.05. The monoisotopic (exact) mass is 288 g/mol. The van der Waals surface area contributed by atoms with Crippen molar-refractivity contribution in [2.45, 2.75) is 25.8 Å². The summed E-state index contributed by atoms with van der Waals surface area (Å²) in [6, 6.07) is 9.95. The molecule has 0 N–H and O–H groups in total. The van der Waals surface area contributed by atoms with Crippen molar-refractivity contribution in [3.8, 4) is 0 Å². The number of hydrogen-bond donors (Lipinski definition) is 0. The van der Waals surface area contributed by atoms with E-state index in [0.29, 0.717) is 6.54 Å². The molecule has 0 bridgehead atoms. The van der Waals surface area contributed by atoms with Gasteiger partial charge in [-0.3, -0.25) is 4.90 Å². The fourth-order valence-electron chi connectivity index (χ4n) is 2.36. The average molecular weight is 288 g/mol. The predicted molar refractivity (Wildman–Crippen MR) is 83.0 cm³/mol. The fourth-order valence-corrected chi connectivity index (χ4v) is 3.21. The zero-order valence-electron chi connectivity index (χ0n) is 12.2. The Morgan fingerprint density at radius 1 is 1.35 bits per heavy atom. The third-order valence-corrected chi connectivity index (χ3v) is 4.47. The Hall–Kier alpha value is -1.52. The molecule has 0 aliphatic rings. The van der Waals surface area contributed by atoms with E-state index in [1.54, 1.807) is 11.3 Å². The fraction of sp³-hybridized carbons (Fsp3) is 0.375. The summed E-state index contributed by atoms with van der Waals surface area (Å²) in [6.45, 7) is 5.53. The lowest BCUT2D eigenvalue weighted by molar-refractivity contribution is -0.112. The lowest BCUT2D eigenvalue weighted by Gasteiger charge is -2.29. The van der Waals surface area contributed by atoms with E-state index < -0.39 is 5.41 Å². The number of carbonyl (C=O) groups excluding carboxylic acids is 1. The Bertz CT molecular complexity index is 567. The first-order valence-electron chi connectivity index (χ1n) is 6.64. The molecule has 4 heteroatoms. The van der Waals surface area contributed by atoms with E-state index in [1.807, 2.05) is 56.7 Å². The number of benzene rings is 1. The van der Waals surface area contributed by atoms with Gasteiger partial charge in [0.25, 0.3) is 0 Å². The third-order valence-electron chi connectivity index (χ3n) is 3.55. The smallest absolute Gasteiger partial charge is 0.131 e. The maximum absolute atomic E-state index is 11.6. The quantitative estimate of drug-likeness (QED) is 0.766. The molecule has 3 nitrogen and oxygen atoms in total. The molecule has 1 heterocycles. The van der Waals surface area contributed by atoms with Gasteiger partial charge in [-0.15, -0.1) is 11.3 Å². The maximum Gasteiger partial charge on any atom is 0.131 e. The number of hydrogen-bond acceptors (Lipinski definition) is 4. The second-order valence-corrected chi connectivity index (χ2v) is 6.37. The van der Waals surface area contributed by atoms with Gasteiger partial charge >= 0.3 is 0 Å².